The minimum Gasteiger partial charge on any atom is -0.334 e. The number of rotatable bonds is 5. The van der Waals surface area contributed by atoms with Gasteiger partial charge in [0, 0.05) is 31.2 Å². The van der Waals surface area contributed by atoms with Gasteiger partial charge in [-0.1, -0.05) is 0 Å². The molecule has 5 nitrogen and oxygen atoms in total. The van der Waals surface area contributed by atoms with Crippen LogP contribution in [0.4, 0.5) is 0 Å². The Morgan fingerprint density at radius 2 is 2.14 bits per heavy atom. The number of hydrogen-bond acceptors (Lipinski definition) is 3. The first-order valence-corrected chi connectivity index (χ1v) is 7.35. The average molecular weight is 284 g/mol. The van der Waals surface area contributed by atoms with E-state index in [0.717, 1.165) is 24.0 Å². The van der Waals surface area contributed by atoms with Crippen molar-refractivity contribution < 1.29 is 4.79 Å². The highest BCUT2D eigenvalue weighted by molar-refractivity contribution is 5.80. The van der Waals surface area contributed by atoms with Crippen molar-refractivity contribution in [3.63, 3.8) is 0 Å². The molecule has 1 aliphatic carbocycles. The summed E-state index contributed by atoms with van der Waals surface area (Å²) in [7, 11) is 0. The fraction of sp³-hybridized carbons (Fsp3) is 0.438. The molecule has 1 fully saturated rings. The Hall–Kier alpha value is -2.17. The van der Waals surface area contributed by atoms with Gasteiger partial charge >= 0.3 is 0 Å². The van der Waals surface area contributed by atoms with Crippen molar-refractivity contribution in [1.82, 2.24) is 19.7 Å². The van der Waals surface area contributed by atoms with E-state index in [0.29, 0.717) is 12.6 Å². The van der Waals surface area contributed by atoms with Crippen molar-refractivity contribution in [3.05, 3.63) is 48.0 Å². The number of hydrogen-bond donors (Lipinski definition) is 0. The van der Waals surface area contributed by atoms with Crippen LogP contribution in [-0.4, -0.2) is 31.6 Å². The minimum absolute atomic E-state index is 0.136. The molecule has 2 aromatic rings. The van der Waals surface area contributed by atoms with Gasteiger partial charge in [-0.3, -0.25) is 14.5 Å². The number of pyridine rings is 1. The maximum atomic E-state index is 12.8. The zero-order valence-corrected chi connectivity index (χ0v) is 12.4. The van der Waals surface area contributed by atoms with Crippen LogP contribution >= 0.6 is 0 Å². The molecule has 0 N–H and O–H groups in total. The lowest BCUT2D eigenvalue weighted by Gasteiger charge is -2.26. The Balaban J connectivity index is 1.76. The minimum atomic E-state index is -0.263. The Morgan fingerprint density at radius 3 is 2.71 bits per heavy atom. The third-order valence-electron chi connectivity index (χ3n) is 3.86. The third kappa shape index (κ3) is 3.12. The molecule has 0 bridgehead atoms. The van der Waals surface area contributed by atoms with Crippen molar-refractivity contribution in [1.29, 1.82) is 0 Å². The van der Waals surface area contributed by atoms with E-state index in [1.807, 2.05) is 37.1 Å². The summed E-state index contributed by atoms with van der Waals surface area (Å²) in [6, 6.07) is 4.04. The van der Waals surface area contributed by atoms with Crippen LogP contribution < -0.4 is 0 Å². The summed E-state index contributed by atoms with van der Waals surface area (Å²) in [5.74, 6) is 0.136. The fourth-order valence-corrected chi connectivity index (χ4v) is 2.46. The summed E-state index contributed by atoms with van der Waals surface area (Å²) >= 11 is 0. The predicted molar refractivity (Wildman–Crippen MR) is 79.5 cm³/mol. The van der Waals surface area contributed by atoms with Crippen molar-refractivity contribution in [3.8, 4) is 0 Å². The molecular weight excluding hydrogens is 264 g/mol. The van der Waals surface area contributed by atoms with Gasteiger partial charge < -0.3 is 4.90 Å². The lowest BCUT2D eigenvalue weighted by molar-refractivity contribution is -0.135. The van der Waals surface area contributed by atoms with Gasteiger partial charge in [-0.25, -0.2) is 0 Å². The molecule has 3 rings (SSSR count). The van der Waals surface area contributed by atoms with E-state index in [1.165, 1.54) is 0 Å². The first-order valence-electron chi connectivity index (χ1n) is 7.35. The van der Waals surface area contributed by atoms with E-state index in [-0.39, 0.29) is 11.9 Å². The maximum absolute atomic E-state index is 12.8. The van der Waals surface area contributed by atoms with E-state index < -0.39 is 0 Å². The number of amides is 1. The maximum Gasteiger partial charge on any atom is 0.247 e. The van der Waals surface area contributed by atoms with E-state index in [4.69, 9.17) is 0 Å². The van der Waals surface area contributed by atoms with Gasteiger partial charge in [-0.05, 0) is 49.9 Å². The lowest BCUT2D eigenvalue weighted by atomic mass is 10.2. The molecule has 2 aromatic heterocycles. The van der Waals surface area contributed by atoms with Crippen LogP contribution in [0, 0.1) is 6.92 Å². The van der Waals surface area contributed by atoms with Crippen molar-refractivity contribution in [2.24, 2.45) is 0 Å². The average Bonchev–Trinajstić information content (AvgIpc) is 3.25. The summed E-state index contributed by atoms with van der Waals surface area (Å²) < 4.78 is 1.75. The Bertz CT molecular complexity index is 618. The van der Waals surface area contributed by atoms with Crippen LogP contribution in [0.25, 0.3) is 0 Å². The van der Waals surface area contributed by atoms with Gasteiger partial charge in [0.25, 0.3) is 0 Å². The molecule has 0 spiro atoms. The molecule has 1 atom stereocenters. The summed E-state index contributed by atoms with van der Waals surface area (Å²) in [5.41, 5.74) is 2.19. The first kappa shape index (κ1) is 13.8. The number of aromatic nitrogens is 3. The second kappa shape index (κ2) is 5.68. The monoisotopic (exact) mass is 284 g/mol. The smallest absolute Gasteiger partial charge is 0.247 e. The third-order valence-corrected chi connectivity index (χ3v) is 3.86. The molecular formula is C16H20N4O. The molecule has 0 aliphatic heterocycles. The van der Waals surface area contributed by atoms with Crippen LogP contribution in [0.1, 0.15) is 36.9 Å². The van der Waals surface area contributed by atoms with Crippen molar-refractivity contribution >= 4 is 5.91 Å². The normalized spacial score (nSPS) is 15.7. The molecule has 0 aromatic carbocycles. The number of carbonyl (C=O) groups is 1. The first-order chi connectivity index (χ1) is 10.1. The van der Waals surface area contributed by atoms with Crippen molar-refractivity contribution in [2.45, 2.75) is 45.3 Å². The summed E-state index contributed by atoms with van der Waals surface area (Å²) in [5, 5.41) is 4.27. The lowest BCUT2D eigenvalue weighted by Crippen LogP contribution is -2.37. The molecule has 21 heavy (non-hydrogen) atoms. The topological polar surface area (TPSA) is 51.0 Å². The van der Waals surface area contributed by atoms with Gasteiger partial charge in [-0.2, -0.15) is 5.10 Å². The van der Waals surface area contributed by atoms with Crippen LogP contribution in [0.3, 0.4) is 0 Å². The molecule has 1 saturated carbocycles. The van der Waals surface area contributed by atoms with Crippen LogP contribution in [-0.2, 0) is 11.3 Å². The second-order valence-corrected chi connectivity index (χ2v) is 5.73. The SMILES string of the molecule is Cc1cnn([C@@H](C)C(=O)N(Cc2ccncc2)C2CC2)c1. The van der Waals surface area contributed by atoms with Crippen LogP contribution in [0.2, 0.25) is 0 Å². The van der Waals surface area contributed by atoms with Gasteiger partial charge in [0.2, 0.25) is 5.91 Å². The van der Waals surface area contributed by atoms with Gasteiger partial charge in [-0.15, -0.1) is 0 Å². The van der Waals surface area contributed by atoms with E-state index in [2.05, 4.69) is 10.1 Å². The standard InChI is InChI=1S/C16H20N4O/c1-12-9-18-20(10-12)13(2)16(21)19(15-3-4-15)11-14-5-7-17-8-6-14/h5-10,13,15H,3-4,11H2,1-2H3/t13-/m0/s1. The number of carbonyl (C=O) groups excluding carboxylic acids is 1. The number of nitrogens with zero attached hydrogens (tertiary/aromatic N) is 4. The molecule has 5 heteroatoms. The molecule has 110 valence electrons. The molecule has 1 aliphatic rings. The molecule has 0 unspecified atom stereocenters. The predicted octanol–water partition coefficient (Wildman–Crippen LogP) is 2.34. The highest BCUT2D eigenvalue weighted by atomic mass is 16.2. The zero-order valence-electron chi connectivity index (χ0n) is 12.4. The van der Waals surface area contributed by atoms with E-state index in [9.17, 15) is 4.79 Å². The summed E-state index contributed by atoms with van der Waals surface area (Å²) in [6.07, 6.45) is 9.44. The van der Waals surface area contributed by atoms with Gasteiger partial charge in [0.1, 0.15) is 6.04 Å². The van der Waals surface area contributed by atoms with Crippen molar-refractivity contribution in [2.75, 3.05) is 0 Å². The summed E-state index contributed by atoms with van der Waals surface area (Å²) in [6.45, 7) is 4.55. The number of aryl methyl sites for hydroxylation is 1. The Kier molecular flexibility index (Phi) is 3.73. The largest absolute Gasteiger partial charge is 0.334 e. The summed E-state index contributed by atoms with van der Waals surface area (Å²) in [4.78, 5) is 18.8. The second-order valence-electron chi connectivity index (χ2n) is 5.73. The molecule has 0 radical (unpaired) electrons. The van der Waals surface area contributed by atoms with Crippen LogP contribution in [0.15, 0.2) is 36.9 Å². The van der Waals surface area contributed by atoms with E-state index >= 15 is 0 Å². The highest BCUT2D eigenvalue weighted by Gasteiger charge is 2.35. The highest BCUT2D eigenvalue weighted by Crippen LogP contribution is 2.30. The quantitative estimate of drug-likeness (QED) is 0.846. The molecule has 2 heterocycles. The molecule has 1 amide bonds. The van der Waals surface area contributed by atoms with Crippen LogP contribution in [0.5, 0.6) is 0 Å². The van der Waals surface area contributed by atoms with Gasteiger partial charge in [0.15, 0.2) is 0 Å². The van der Waals surface area contributed by atoms with Gasteiger partial charge in [0.05, 0.1) is 6.20 Å². The fourth-order valence-electron chi connectivity index (χ4n) is 2.46. The Labute approximate surface area is 124 Å². The Morgan fingerprint density at radius 1 is 1.43 bits per heavy atom. The van der Waals surface area contributed by atoms with E-state index in [1.54, 1.807) is 23.3 Å². The molecule has 0 saturated heterocycles. The zero-order chi connectivity index (χ0) is 14.8.